The van der Waals surface area contributed by atoms with Crippen molar-refractivity contribution in [3.8, 4) is 11.8 Å². The molecule has 0 spiro atoms. The van der Waals surface area contributed by atoms with E-state index in [1.807, 2.05) is 0 Å². The summed E-state index contributed by atoms with van der Waals surface area (Å²) in [7, 11) is 1.53. The molecule has 3 N–H and O–H groups in total. The largest absolute Gasteiger partial charge is 0.495 e. The molecule has 0 aliphatic carbocycles. The molecule has 0 fully saturated rings. The fraction of sp³-hybridized carbons (Fsp3) is 0.0833. The van der Waals surface area contributed by atoms with Gasteiger partial charge in [0.2, 0.25) is 5.95 Å². The predicted molar refractivity (Wildman–Crippen MR) is 67.4 cm³/mol. The van der Waals surface area contributed by atoms with Crippen LogP contribution in [0.5, 0.6) is 5.75 Å². The number of nitrogens with two attached hydrogens (primary N) is 1. The van der Waals surface area contributed by atoms with Gasteiger partial charge in [0.15, 0.2) is 0 Å². The molecular formula is C12H11N5O. The van der Waals surface area contributed by atoms with Gasteiger partial charge < -0.3 is 15.8 Å². The Labute approximate surface area is 104 Å². The zero-order chi connectivity index (χ0) is 13.0. The molecule has 0 saturated carbocycles. The van der Waals surface area contributed by atoms with E-state index in [-0.39, 0.29) is 0 Å². The van der Waals surface area contributed by atoms with E-state index in [1.54, 1.807) is 18.2 Å². The molecular weight excluding hydrogens is 230 g/mol. The van der Waals surface area contributed by atoms with Crippen molar-refractivity contribution >= 4 is 17.3 Å². The Morgan fingerprint density at radius 2 is 2.06 bits per heavy atom. The van der Waals surface area contributed by atoms with Gasteiger partial charge >= 0.3 is 0 Å². The minimum absolute atomic E-state index is 0.352. The maximum absolute atomic E-state index is 9.05. The van der Waals surface area contributed by atoms with Gasteiger partial charge in [-0.2, -0.15) is 5.26 Å². The van der Waals surface area contributed by atoms with Gasteiger partial charge in [0, 0.05) is 0 Å². The molecule has 2 rings (SSSR count). The van der Waals surface area contributed by atoms with Gasteiger partial charge in [-0.05, 0) is 12.1 Å². The fourth-order valence-corrected chi connectivity index (χ4v) is 1.44. The first-order valence-corrected chi connectivity index (χ1v) is 5.16. The highest BCUT2D eigenvalue weighted by atomic mass is 16.5. The van der Waals surface area contributed by atoms with Gasteiger partial charge in [0.1, 0.15) is 17.5 Å². The summed E-state index contributed by atoms with van der Waals surface area (Å²) in [5, 5.41) is 12.0. The van der Waals surface area contributed by atoms with Crippen molar-refractivity contribution in [2.75, 3.05) is 18.2 Å². The normalized spacial score (nSPS) is 9.56. The minimum atomic E-state index is 0.352. The van der Waals surface area contributed by atoms with Gasteiger partial charge in [0.25, 0.3) is 0 Å². The zero-order valence-corrected chi connectivity index (χ0v) is 9.71. The van der Waals surface area contributed by atoms with Crippen LogP contribution >= 0.6 is 0 Å². The molecule has 1 heterocycles. The van der Waals surface area contributed by atoms with E-state index in [1.165, 1.54) is 19.5 Å². The van der Waals surface area contributed by atoms with Gasteiger partial charge in [-0.25, -0.2) is 9.97 Å². The first kappa shape index (κ1) is 11.7. The van der Waals surface area contributed by atoms with E-state index in [2.05, 4.69) is 21.4 Å². The number of rotatable bonds is 3. The molecule has 6 nitrogen and oxygen atoms in total. The molecule has 6 heteroatoms. The highest BCUT2D eigenvalue weighted by molar-refractivity contribution is 5.70. The number of nitrogens with zero attached hydrogens (tertiary/aromatic N) is 3. The van der Waals surface area contributed by atoms with Crippen LogP contribution in [0, 0.1) is 11.3 Å². The van der Waals surface area contributed by atoms with Crippen LogP contribution in [0.3, 0.4) is 0 Å². The van der Waals surface area contributed by atoms with Crippen molar-refractivity contribution in [3.63, 3.8) is 0 Å². The maximum atomic E-state index is 9.05. The number of para-hydroxylation sites is 1. The summed E-state index contributed by atoms with van der Waals surface area (Å²) >= 11 is 0. The Hall–Kier alpha value is -2.81. The molecule has 1 aromatic carbocycles. The molecule has 0 unspecified atom stereocenters. The first-order valence-electron chi connectivity index (χ1n) is 5.16. The molecule has 1 aromatic heterocycles. The minimum Gasteiger partial charge on any atom is -0.495 e. The Morgan fingerprint density at radius 3 is 2.67 bits per heavy atom. The Balaban J connectivity index is 2.39. The van der Waals surface area contributed by atoms with Gasteiger partial charge in [-0.1, -0.05) is 6.07 Å². The molecule has 90 valence electrons. The third-order valence-corrected chi connectivity index (χ3v) is 2.28. The van der Waals surface area contributed by atoms with Crippen LogP contribution in [0.2, 0.25) is 0 Å². The number of methoxy groups -OCH3 is 1. The monoisotopic (exact) mass is 241 g/mol. The van der Waals surface area contributed by atoms with E-state index >= 15 is 0 Å². The molecule has 0 bridgehead atoms. The van der Waals surface area contributed by atoms with Crippen molar-refractivity contribution in [1.29, 1.82) is 5.26 Å². The summed E-state index contributed by atoms with van der Waals surface area (Å²) in [5.41, 5.74) is 6.96. The highest BCUT2D eigenvalue weighted by Crippen LogP contribution is 2.29. The highest BCUT2D eigenvalue weighted by Gasteiger charge is 2.09. The summed E-state index contributed by atoms with van der Waals surface area (Å²) in [6, 6.07) is 7.25. The number of aromatic nitrogens is 2. The smallest absolute Gasteiger partial charge is 0.227 e. The van der Waals surface area contributed by atoms with Crippen LogP contribution < -0.4 is 15.8 Å². The van der Waals surface area contributed by atoms with E-state index in [9.17, 15) is 0 Å². The molecule has 2 aromatic rings. The zero-order valence-electron chi connectivity index (χ0n) is 9.71. The van der Waals surface area contributed by atoms with E-state index in [0.717, 1.165) is 0 Å². The summed E-state index contributed by atoms with van der Waals surface area (Å²) in [6.07, 6.45) is 2.97. The van der Waals surface area contributed by atoms with Crippen LogP contribution in [0.25, 0.3) is 0 Å². The van der Waals surface area contributed by atoms with Crippen LogP contribution in [-0.4, -0.2) is 17.1 Å². The second kappa shape index (κ2) is 5.01. The number of hydrogen-bond acceptors (Lipinski definition) is 6. The van der Waals surface area contributed by atoms with Crippen molar-refractivity contribution < 1.29 is 4.74 Å². The lowest BCUT2D eigenvalue weighted by Crippen LogP contribution is -2.01. The molecule has 0 radical (unpaired) electrons. The number of nitriles is 1. The van der Waals surface area contributed by atoms with Crippen molar-refractivity contribution in [1.82, 2.24) is 9.97 Å². The second-order valence-corrected chi connectivity index (χ2v) is 3.46. The van der Waals surface area contributed by atoms with Crippen LogP contribution in [0.1, 0.15) is 5.56 Å². The topological polar surface area (TPSA) is 96.8 Å². The van der Waals surface area contributed by atoms with Crippen molar-refractivity contribution in [3.05, 3.63) is 36.2 Å². The Bertz CT molecular complexity index is 588. The lowest BCUT2D eigenvalue weighted by molar-refractivity contribution is 0.416. The lowest BCUT2D eigenvalue weighted by atomic mass is 10.2. The first-order chi connectivity index (χ1) is 8.74. The van der Waals surface area contributed by atoms with Crippen LogP contribution in [0.4, 0.5) is 17.3 Å². The Kier molecular flexibility index (Phi) is 3.25. The molecule has 0 amide bonds. The quantitative estimate of drug-likeness (QED) is 0.848. The number of ether oxygens (including phenoxy) is 1. The predicted octanol–water partition coefficient (Wildman–Crippen LogP) is 1.68. The average Bonchev–Trinajstić information content (AvgIpc) is 2.41. The summed E-state index contributed by atoms with van der Waals surface area (Å²) in [4.78, 5) is 8.02. The van der Waals surface area contributed by atoms with E-state index in [0.29, 0.717) is 28.6 Å². The fourth-order valence-electron chi connectivity index (χ4n) is 1.44. The SMILES string of the molecule is COc1cccc(C#N)c1Nc1ncc(N)cn1. The summed E-state index contributed by atoms with van der Waals surface area (Å²) < 4.78 is 5.19. The second-order valence-electron chi connectivity index (χ2n) is 3.46. The Morgan fingerprint density at radius 1 is 1.33 bits per heavy atom. The maximum Gasteiger partial charge on any atom is 0.227 e. The third kappa shape index (κ3) is 2.30. The molecule has 0 aliphatic heterocycles. The number of anilines is 3. The van der Waals surface area contributed by atoms with Gasteiger partial charge in [0.05, 0.1) is 30.8 Å². The average molecular weight is 241 g/mol. The summed E-state index contributed by atoms with van der Waals surface area (Å²) in [6.45, 7) is 0. The van der Waals surface area contributed by atoms with E-state index < -0.39 is 0 Å². The molecule has 18 heavy (non-hydrogen) atoms. The molecule has 0 saturated heterocycles. The third-order valence-electron chi connectivity index (χ3n) is 2.28. The van der Waals surface area contributed by atoms with Crippen molar-refractivity contribution in [2.45, 2.75) is 0 Å². The van der Waals surface area contributed by atoms with Gasteiger partial charge in [-0.15, -0.1) is 0 Å². The van der Waals surface area contributed by atoms with Crippen LogP contribution in [-0.2, 0) is 0 Å². The lowest BCUT2D eigenvalue weighted by Gasteiger charge is -2.11. The number of nitrogen functional groups attached to an aromatic ring is 1. The standard InChI is InChI=1S/C12H11N5O/c1-18-10-4-2-3-8(5-13)11(10)17-12-15-6-9(14)7-16-12/h2-4,6-7H,14H2,1H3,(H,15,16,17). The molecule has 0 atom stereocenters. The summed E-state index contributed by atoms with van der Waals surface area (Å²) in [5.74, 6) is 0.902. The number of hydrogen-bond donors (Lipinski definition) is 2. The number of benzene rings is 1. The molecule has 0 aliphatic rings. The van der Waals surface area contributed by atoms with Crippen molar-refractivity contribution in [2.24, 2.45) is 0 Å². The van der Waals surface area contributed by atoms with Crippen LogP contribution in [0.15, 0.2) is 30.6 Å². The van der Waals surface area contributed by atoms with E-state index in [4.69, 9.17) is 15.7 Å². The number of nitrogens with one attached hydrogen (secondary N) is 1. The van der Waals surface area contributed by atoms with Gasteiger partial charge in [-0.3, -0.25) is 0 Å².